The summed E-state index contributed by atoms with van der Waals surface area (Å²) in [5.74, 6) is -0.454. The molecular weight excluding hydrogens is 349 g/mol. The topological polar surface area (TPSA) is 62.6 Å². The Morgan fingerprint density at radius 1 is 1.23 bits per heavy atom. The van der Waals surface area contributed by atoms with Crippen LogP contribution >= 0.6 is 0 Å². The molecule has 1 fully saturated rings. The van der Waals surface area contributed by atoms with Gasteiger partial charge >= 0.3 is 6.18 Å². The van der Waals surface area contributed by atoms with Crippen molar-refractivity contribution >= 4 is 16.9 Å². The molecule has 1 saturated heterocycles. The van der Waals surface area contributed by atoms with Crippen molar-refractivity contribution in [1.82, 2.24) is 10.2 Å². The molecule has 0 atom stereocenters. The second-order valence-electron chi connectivity index (χ2n) is 6.52. The molecule has 1 amide bonds. The standard InChI is InChI=1S/C18H19F3N2O3/c19-18(20,21)11-23-7-5-12(6-8-23)10-22-17(25)16-9-14(24)13-3-1-2-4-15(13)26-16/h1-4,9,12H,5-8,10-11H2,(H,22,25). The first-order chi connectivity index (χ1) is 12.3. The van der Waals surface area contributed by atoms with E-state index < -0.39 is 18.6 Å². The third-order valence-electron chi connectivity index (χ3n) is 4.52. The highest BCUT2D eigenvalue weighted by Crippen LogP contribution is 2.22. The predicted octanol–water partition coefficient (Wildman–Crippen LogP) is 2.80. The monoisotopic (exact) mass is 368 g/mol. The smallest absolute Gasteiger partial charge is 0.401 e. The summed E-state index contributed by atoms with van der Waals surface area (Å²) in [6.07, 6.45) is -3.02. The van der Waals surface area contributed by atoms with Gasteiger partial charge in [-0.25, -0.2) is 0 Å². The Balaban J connectivity index is 1.54. The molecule has 2 heterocycles. The zero-order chi connectivity index (χ0) is 18.7. The van der Waals surface area contributed by atoms with E-state index in [-0.39, 0.29) is 17.1 Å². The Kier molecular flexibility index (Phi) is 5.31. The third-order valence-corrected chi connectivity index (χ3v) is 4.52. The van der Waals surface area contributed by atoms with Gasteiger partial charge in [-0.05, 0) is 44.0 Å². The summed E-state index contributed by atoms with van der Waals surface area (Å²) in [6, 6.07) is 7.82. The van der Waals surface area contributed by atoms with Crippen molar-refractivity contribution in [2.75, 3.05) is 26.2 Å². The zero-order valence-corrected chi connectivity index (χ0v) is 14.0. The van der Waals surface area contributed by atoms with Crippen LogP contribution in [0.2, 0.25) is 0 Å². The van der Waals surface area contributed by atoms with E-state index in [0.29, 0.717) is 43.4 Å². The number of likely N-dealkylation sites (tertiary alicyclic amines) is 1. The molecule has 8 heteroatoms. The Labute approximate surface area is 147 Å². The van der Waals surface area contributed by atoms with Crippen LogP contribution in [0.15, 0.2) is 39.5 Å². The summed E-state index contributed by atoms with van der Waals surface area (Å²) >= 11 is 0. The molecule has 1 aromatic heterocycles. The molecule has 3 rings (SSSR count). The summed E-state index contributed by atoms with van der Waals surface area (Å²) in [4.78, 5) is 25.6. The second-order valence-corrected chi connectivity index (χ2v) is 6.52. The molecule has 1 aliphatic rings. The number of benzene rings is 1. The van der Waals surface area contributed by atoms with Gasteiger partial charge in [0.15, 0.2) is 11.2 Å². The molecule has 0 bridgehead atoms. The van der Waals surface area contributed by atoms with Crippen LogP contribution in [0.25, 0.3) is 11.0 Å². The molecule has 0 unspecified atom stereocenters. The van der Waals surface area contributed by atoms with E-state index in [1.807, 2.05) is 0 Å². The summed E-state index contributed by atoms with van der Waals surface area (Å²) in [5.41, 5.74) is 0.0445. The molecule has 0 saturated carbocycles. The van der Waals surface area contributed by atoms with Gasteiger partial charge < -0.3 is 9.73 Å². The number of carbonyl (C=O) groups is 1. The maximum atomic E-state index is 12.4. The van der Waals surface area contributed by atoms with Crippen LogP contribution in [0.1, 0.15) is 23.4 Å². The van der Waals surface area contributed by atoms with Crippen LogP contribution in [0.3, 0.4) is 0 Å². The maximum Gasteiger partial charge on any atom is 0.401 e. The van der Waals surface area contributed by atoms with Crippen molar-refractivity contribution in [2.24, 2.45) is 5.92 Å². The van der Waals surface area contributed by atoms with Gasteiger partial charge in [-0.2, -0.15) is 13.2 Å². The third kappa shape index (κ3) is 4.63. The van der Waals surface area contributed by atoms with Crippen LogP contribution in [-0.4, -0.2) is 43.2 Å². The number of halogens is 3. The van der Waals surface area contributed by atoms with Crippen molar-refractivity contribution in [3.63, 3.8) is 0 Å². The quantitative estimate of drug-likeness (QED) is 0.902. The normalized spacial score (nSPS) is 16.7. The number of nitrogens with zero attached hydrogens (tertiary/aromatic N) is 1. The minimum absolute atomic E-state index is 0.0665. The number of alkyl halides is 3. The molecule has 0 radical (unpaired) electrons. The van der Waals surface area contributed by atoms with Crippen LogP contribution in [0, 0.1) is 5.92 Å². The Hall–Kier alpha value is -2.35. The van der Waals surface area contributed by atoms with E-state index >= 15 is 0 Å². The molecule has 140 valence electrons. The predicted molar refractivity (Wildman–Crippen MR) is 90.0 cm³/mol. The molecule has 1 aliphatic heterocycles. The van der Waals surface area contributed by atoms with Crippen molar-refractivity contribution in [2.45, 2.75) is 19.0 Å². The van der Waals surface area contributed by atoms with Crippen molar-refractivity contribution in [3.05, 3.63) is 46.3 Å². The fourth-order valence-electron chi connectivity index (χ4n) is 3.14. The molecule has 1 aromatic carbocycles. The number of rotatable bonds is 4. The highest BCUT2D eigenvalue weighted by Gasteiger charge is 2.32. The van der Waals surface area contributed by atoms with Crippen LogP contribution in [0.5, 0.6) is 0 Å². The Morgan fingerprint density at radius 3 is 2.62 bits per heavy atom. The Bertz CT molecular complexity index is 839. The van der Waals surface area contributed by atoms with Crippen molar-refractivity contribution in [1.29, 1.82) is 0 Å². The van der Waals surface area contributed by atoms with Gasteiger partial charge in [0.2, 0.25) is 0 Å². The van der Waals surface area contributed by atoms with Gasteiger partial charge in [0.1, 0.15) is 5.58 Å². The molecule has 0 spiro atoms. The van der Waals surface area contributed by atoms with Crippen LogP contribution < -0.4 is 10.7 Å². The summed E-state index contributed by atoms with van der Waals surface area (Å²) in [5, 5.41) is 3.12. The number of nitrogens with one attached hydrogen (secondary N) is 1. The lowest BCUT2D eigenvalue weighted by Gasteiger charge is -2.32. The number of hydrogen-bond acceptors (Lipinski definition) is 4. The molecule has 26 heavy (non-hydrogen) atoms. The van der Waals surface area contributed by atoms with Gasteiger partial charge in [0.25, 0.3) is 5.91 Å². The first kappa shape index (κ1) is 18.4. The fourth-order valence-corrected chi connectivity index (χ4v) is 3.14. The molecule has 1 N–H and O–H groups in total. The Morgan fingerprint density at radius 2 is 1.92 bits per heavy atom. The first-order valence-electron chi connectivity index (χ1n) is 8.42. The van der Waals surface area contributed by atoms with E-state index in [0.717, 1.165) is 6.07 Å². The molecule has 2 aromatic rings. The van der Waals surface area contributed by atoms with E-state index in [9.17, 15) is 22.8 Å². The van der Waals surface area contributed by atoms with Gasteiger partial charge in [-0.3, -0.25) is 14.5 Å². The minimum Gasteiger partial charge on any atom is -0.451 e. The summed E-state index contributed by atoms with van der Waals surface area (Å²) in [6.45, 7) is 0.153. The van der Waals surface area contributed by atoms with Gasteiger partial charge in [0.05, 0.1) is 11.9 Å². The van der Waals surface area contributed by atoms with Crippen LogP contribution in [-0.2, 0) is 0 Å². The van der Waals surface area contributed by atoms with Gasteiger partial charge in [0, 0.05) is 12.6 Å². The lowest BCUT2D eigenvalue weighted by atomic mass is 9.97. The number of amides is 1. The van der Waals surface area contributed by atoms with Gasteiger partial charge in [-0.15, -0.1) is 0 Å². The summed E-state index contributed by atoms with van der Waals surface area (Å²) in [7, 11) is 0. The molecule has 5 nitrogen and oxygen atoms in total. The number of hydrogen-bond donors (Lipinski definition) is 1. The zero-order valence-electron chi connectivity index (χ0n) is 14.0. The van der Waals surface area contributed by atoms with Gasteiger partial charge in [-0.1, -0.05) is 12.1 Å². The fraction of sp³-hybridized carbons (Fsp3) is 0.444. The number of fused-ring (bicyclic) bond motifs is 1. The SMILES string of the molecule is O=C(NCC1CCN(CC(F)(F)F)CC1)c1cc(=O)c2ccccc2o1. The number of carbonyl (C=O) groups excluding carboxylic acids is 1. The van der Waals surface area contributed by atoms with Crippen molar-refractivity contribution in [3.8, 4) is 0 Å². The maximum absolute atomic E-state index is 12.4. The van der Waals surface area contributed by atoms with E-state index in [1.54, 1.807) is 24.3 Å². The number of para-hydroxylation sites is 1. The lowest BCUT2D eigenvalue weighted by Crippen LogP contribution is -2.42. The second kappa shape index (κ2) is 7.49. The molecular formula is C18H19F3N2O3. The summed E-state index contributed by atoms with van der Waals surface area (Å²) < 4.78 is 42.6. The van der Waals surface area contributed by atoms with Crippen molar-refractivity contribution < 1.29 is 22.4 Å². The highest BCUT2D eigenvalue weighted by molar-refractivity contribution is 5.93. The number of piperidine rings is 1. The average molecular weight is 368 g/mol. The largest absolute Gasteiger partial charge is 0.451 e. The molecule has 0 aliphatic carbocycles. The first-order valence-corrected chi connectivity index (χ1v) is 8.42. The van der Waals surface area contributed by atoms with E-state index in [4.69, 9.17) is 4.42 Å². The highest BCUT2D eigenvalue weighted by atomic mass is 19.4. The van der Waals surface area contributed by atoms with Crippen LogP contribution in [0.4, 0.5) is 13.2 Å². The minimum atomic E-state index is -4.19. The van der Waals surface area contributed by atoms with E-state index in [1.165, 1.54) is 4.90 Å². The van der Waals surface area contributed by atoms with E-state index in [2.05, 4.69) is 5.32 Å². The average Bonchev–Trinajstić information content (AvgIpc) is 2.59. The lowest BCUT2D eigenvalue weighted by molar-refractivity contribution is -0.148.